The molecule has 2 aromatic carbocycles. The first kappa shape index (κ1) is 12.7. The first-order valence-corrected chi connectivity index (χ1v) is 5.85. The van der Waals surface area contributed by atoms with Crippen LogP contribution >= 0.6 is 0 Å². The van der Waals surface area contributed by atoms with Crippen molar-refractivity contribution in [2.24, 2.45) is 0 Å². The molecule has 1 N–H and O–H groups in total. The predicted molar refractivity (Wildman–Crippen MR) is 69.3 cm³/mol. The van der Waals surface area contributed by atoms with Gasteiger partial charge >= 0.3 is 0 Å². The minimum Gasteiger partial charge on any atom is -0.313 e. The highest BCUT2D eigenvalue weighted by atomic mass is 19.2. The van der Waals surface area contributed by atoms with Crippen LogP contribution in [0.25, 0.3) is 11.1 Å². The summed E-state index contributed by atoms with van der Waals surface area (Å²) in [7, 11) is 1.87. The Kier molecular flexibility index (Phi) is 3.72. The Labute approximate surface area is 105 Å². The van der Waals surface area contributed by atoms with E-state index in [9.17, 15) is 8.78 Å². The topological polar surface area (TPSA) is 12.0 Å². The number of hydrogen-bond donors (Lipinski definition) is 1. The Morgan fingerprint density at radius 2 is 1.72 bits per heavy atom. The second-order valence-electron chi connectivity index (χ2n) is 4.23. The quantitative estimate of drug-likeness (QED) is 0.867. The fourth-order valence-corrected chi connectivity index (χ4v) is 1.96. The van der Waals surface area contributed by atoms with Crippen LogP contribution in [-0.2, 0) is 0 Å². The summed E-state index contributed by atoms with van der Waals surface area (Å²) in [4.78, 5) is 0. The minimum atomic E-state index is -0.821. The Morgan fingerprint density at radius 1 is 1.00 bits per heavy atom. The summed E-state index contributed by atoms with van der Waals surface area (Å²) < 4.78 is 26.2. The van der Waals surface area contributed by atoms with E-state index in [1.165, 1.54) is 6.07 Å². The molecule has 0 aliphatic heterocycles. The van der Waals surface area contributed by atoms with Gasteiger partial charge in [-0.15, -0.1) is 0 Å². The lowest BCUT2D eigenvalue weighted by atomic mass is 9.95. The molecule has 0 saturated heterocycles. The second-order valence-corrected chi connectivity index (χ2v) is 4.23. The van der Waals surface area contributed by atoms with Gasteiger partial charge in [0.05, 0.1) is 0 Å². The third-order valence-electron chi connectivity index (χ3n) is 3.09. The van der Waals surface area contributed by atoms with Crippen molar-refractivity contribution in [2.45, 2.75) is 13.0 Å². The highest BCUT2D eigenvalue weighted by molar-refractivity contribution is 5.68. The van der Waals surface area contributed by atoms with Gasteiger partial charge in [0, 0.05) is 6.04 Å². The Hall–Kier alpha value is -1.74. The molecule has 3 heteroatoms. The molecule has 94 valence electrons. The molecule has 1 unspecified atom stereocenters. The normalized spacial score (nSPS) is 12.4. The summed E-state index contributed by atoms with van der Waals surface area (Å²) in [5.41, 5.74) is 2.66. The van der Waals surface area contributed by atoms with E-state index >= 15 is 0 Å². The molecule has 0 heterocycles. The Morgan fingerprint density at radius 3 is 2.39 bits per heavy atom. The summed E-state index contributed by atoms with van der Waals surface area (Å²) in [6.45, 7) is 2.03. The van der Waals surface area contributed by atoms with Gasteiger partial charge in [0.2, 0.25) is 0 Å². The van der Waals surface area contributed by atoms with Gasteiger partial charge in [-0.1, -0.05) is 30.3 Å². The number of rotatable bonds is 3. The second kappa shape index (κ2) is 5.27. The maximum absolute atomic E-state index is 13.3. The van der Waals surface area contributed by atoms with Gasteiger partial charge in [0.1, 0.15) is 0 Å². The largest absolute Gasteiger partial charge is 0.313 e. The van der Waals surface area contributed by atoms with E-state index in [2.05, 4.69) is 5.32 Å². The molecule has 1 nitrogen and oxygen atoms in total. The smallest absolute Gasteiger partial charge is 0.159 e. The highest BCUT2D eigenvalue weighted by Gasteiger charge is 2.11. The van der Waals surface area contributed by atoms with Crippen molar-refractivity contribution in [1.82, 2.24) is 5.32 Å². The number of benzene rings is 2. The average molecular weight is 247 g/mol. The van der Waals surface area contributed by atoms with Gasteiger partial charge in [-0.05, 0) is 42.8 Å². The minimum absolute atomic E-state index is 0.148. The zero-order valence-corrected chi connectivity index (χ0v) is 10.4. The van der Waals surface area contributed by atoms with Crippen LogP contribution in [0.2, 0.25) is 0 Å². The molecule has 0 amide bonds. The maximum atomic E-state index is 13.3. The first-order valence-electron chi connectivity index (χ1n) is 5.85. The molecule has 0 saturated carbocycles. The van der Waals surface area contributed by atoms with E-state index in [1.54, 1.807) is 6.07 Å². The molecule has 0 spiro atoms. The summed E-state index contributed by atoms with van der Waals surface area (Å²) in [6, 6.07) is 11.9. The molecule has 2 aromatic rings. The third kappa shape index (κ3) is 2.41. The molecule has 0 aliphatic carbocycles. The van der Waals surface area contributed by atoms with Crippen LogP contribution < -0.4 is 5.32 Å². The van der Waals surface area contributed by atoms with Crippen molar-refractivity contribution in [3.63, 3.8) is 0 Å². The summed E-state index contributed by atoms with van der Waals surface area (Å²) in [5, 5.41) is 3.15. The van der Waals surface area contributed by atoms with E-state index in [0.717, 1.165) is 17.2 Å². The van der Waals surface area contributed by atoms with Crippen LogP contribution in [0.1, 0.15) is 18.5 Å². The monoisotopic (exact) mass is 247 g/mol. The van der Waals surface area contributed by atoms with Crippen molar-refractivity contribution in [1.29, 1.82) is 0 Å². The zero-order chi connectivity index (χ0) is 13.1. The lowest BCUT2D eigenvalue weighted by molar-refractivity contribution is 0.509. The molecule has 0 bridgehead atoms. The van der Waals surface area contributed by atoms with Gasteiger partial charge in [-0.3, -0.25) is 0 Å². The lowest BCUT2D eigenvalue weighted by Crippen LogP contribution is -2.13. The van der Waals surface area contributed by atoms with Crippen LogP contribution in [0.4, 0.5) is 8.78 Å². The molecule has 2 rings (SSSR count). The molecule has 0 aromatic heterocycles. The zero-order valence-electron chi connectivity index (χ0n) is 10.4. The highest BCUT2D eigenvalue weighted by Crippen LogP contribution is 2.28. The van der Waals surface area contributed by atoms with Crippen LogP contribution in [0, 0.1) is 11.6 Å². The molecular formula is C15H15F2N. The third-order valence-corrected chi connectivity index (χ3v) is 3.09. The van der Waals surface area contributed by atoms with Crippen LogP contribution in [0.15, 0.2) is 42.5 Å². The van der Waals surface area contributed by atoms with E-state index in [4.69, 9.17) is 0 Å². The van der Waals surface area contributed by atoms with Crippen LogP contribution in [0.5, 0.6) is 0 Å². The number of halogens is 2. The molecule has 18 heavy (non-hydrogen) atoms. The molecule has 0 aliphatic rings. The Balaban J connectivity index is 2.53. The van der Waals surface area contributed by atoms with E-state index in [-0.39, 0.29) is 6.04 Å². The van der Waals surface area contributed by atoms with Gasteiger partial charge in [0.15, 0.2) is 11.6 Å². The van der Waals surface area contributed by atoms with Crippen molar-refractivity contribution in [3.05, 3.63) is 59.7 Å². The summed E-state index contributed by atoms with van der Waals surface area (Å²) >= 11 is 0. The van der Waals surface area contributed by atoms with E-state index < -0.39 is 11.6 Å². The number of hydrogen-bond acceptors (Lipinski definition) is 1. The van der Waals surface area contributed by atoms with Gasteiger partial charge in [-0.2, -0.15) is 0 Å². The average Bonchev–Trinajstić information content (AvgIpc) is 2.41. The fourth-order valence-electron chi connectivity index (χ4n) is 1.96. The van der Waals surface area contributed by atoms with E-state index in [0.29, 0.717) is 5.56 Å². The van der Waals surface area contributed by atoms with Crippen molar-refractivity contribution in [2.75, 3.05) is 7.05 Å². The lowest BCUT2D eigenvalue weighted by Gasteiger charge is -2.16. The maximum Gasteiger partial charge on any atom is 0.159 e. The van der Waals surface area contributed by atoms with Crippen LogP contribution in [0.3, 0.4) is 0 Å². The van der Waals surface area contributed by atoms with Crippen molar-refractivity contribution < 1.29 is 8.78 Å². The van der Waals surface area contributed by atoms with Gasteiger partial charge < -0.3 is 5.32 Å². The Bertz CT molecular complexity index is 552. The standard InChI is InChI=1S/C15H15F2N/c1-10(18-2)12-5-3-4-6-13(12)11-7-8-14(16)15(17)9-11/h3-10,18H,1-2H3. The van der Waals surface area contributed by atoms with Crippen LogP contribution in [-0.4, -0.2) is 7.05 Å². The van der Waals surface area contributed by atoms with Crippen molar-refractivity contribution in [3.8, 4) is 11.1 Å². The molecule has 1 atom stereocenters. The first-order chi connectivity index (χ1) is 8.63. The predicted octanol–water partition coefficient (Wildman–Crippen LogP) is 3.91. The molecular weight excluding hydrogens is 232 g/mol. The summed E-state index contributed by atoms with van der Waals surface area (Å²) in [6.07, 6.45) is 0. The summed E-state index contributed by atoms with van der Waals surface area (Å²) in [5.74, 6) is -1.64. The molecule has 0 radical (unpaired) electrons. The van der Waals surface area contributed by atoms with Crippen molar-refractivity contribution >= 4 is 0 Å². The number of nitrogens with one attached hydrogen (secondary N) is 1. The fraction of sp³-hybridized carbons (Fsp3) is 0.200. The van der Waals surface area contributed by atoms with E-state index in [1.807, 2.05) is 38.2 Å². The van der Waals surface area contributed by atoms with Gasteiger partial charge in [0.25, 0.3) is 0 Å². The van der Waals surface area contributed by atoms with Gasteiger partial charge in [-0.25, -0.2) is 8.78 Å². The SMILES string of the molecule is CNC(C)c1ccccc1-c1ccc(F)c(F)c1. The molecule has 0 fully saturated rings.